The molecule has 26 heavy (non-hydrogen) atoms. The molecule has 0 saturated carbocycles. The molecule has 0 bridgehead atoms. The zero-order valence-electron chi connectivity index (χ0n) is 14.6. The van der Waals surface area contributed by atoms with Crippen LogP contribution >= 0.6 is 12.2 Å². The first kappa shape index (κ1) is 21.7. The van der Waals surface area contributed by atoms with E-state index in [0.717, 1.165) is 20.8 Å². The van der Waals surface area contributed by atoms with E-state index in [9.17, 15) is 19.2 Å². The summed E-state index contributed by atoms with van der Waals surface area (Å²) >= 11 is 4.55. The summed E-state index contributed by atoms with van der Waals surface area (Å²) in [6.45, 7) is 4.26. The van der Waals surface area contributed by atoms with Crippen LogP contribution in [0.2, 0.25) is 0 Å². The lowest BCUT2D eigenvalue weighted by Gasteiger charge is -2.42. The molecule has 0 aliphatic carbocycles. The van der Waals surface area contributed by atoms with Crippen molar-refractivity contribution >= 4 is 41.3 Å². The van der Waals surface area contributed by atoms with Gasteiger partial charge in [-0.05, 0) is 12.2 Å². The molecule has 0 unspecified atom stereocenters. The first-order valence-electron chi connectivity index (χ1n) is 7.53. The fraction of sp³-hybridized carbons (Fsp3) is 0.667. The van der Waals surface area contributed by atoms with Crippen LogP contribution in [0.5, 0.6) is 0 Å². The number of ether oxygens (including phenoxy) is 5. The number of rotatable bonds is 6. The number of carbonyl (C=O) groups is 4. The summed E-state index contributed by atoms with van der Waals surface area (Å²) in [4.78, 5) is 49.3. The van der Waals surface area contributed by atoms with Gasteiger partial charge in [0.1, 0.15) is 12.7 Å². The van der Waals surface area contributed by atoms with Crippen LogP contribution in [0.25, 0.3) is 0 Å². The summed E-state index contributed by atoms with van der Waals surface area (Å²) in [6, 6.07) is 0. The van der Waals surface area contributed by atoms with Crippen LogP contribution in [-0.4, -0.2) is 66.3 Å². The van der Waals surface area contributed by atoms with Crippen molar-refractivity contribution in [2.24, 2.45) is 4.99 Å². The highest BCUT2D eigenvalue weighted by atomic mass is 32.1. The molecular weight excluding hydrogens is 370 g/mol. The molecule has 11 heteroatoms. The predicted molar refractivity (Wildman–Crippen MR) is 87.0 cm³/mol. The number of hydrogen-bond donors (Lipinski definition) is 0. The first-order chi connectivity index (χ1) is 12.1. The molecule has 0 spiro atoms. The zero-order chi connectivity index (χ0) is 19.9. The number of hydrogen-bond acceptors (Lipinski definition) is 11. The fourth-order valence-corrected chi connectivity index (χ4v) is 2.47. The summed E-state index contributed by atoms with van der Waals surface area (Å²) in [7, 11) is 0. The average molecular weight is 389 g/mol. The van der Waals surface area contributed by atoms with Crippen molar-refractivity contribution in [3.05, 3.63) is 0 Å². The van der Waals surface area contributed by atoms with Crippen LogP contribution < -0.4 is 0 Å². The molecule has 0 N–H and O–H groups in total. The lowest BCUT2D eigenvalue weighted by atomic mass is 9.97. The summed E-state index contributed by atoms with van der Waals surface area (Å²) in [5.74, 6) is -2.74. The van der Waals surface area contributed by atoms with Crippen molar-refractivity contribution in [1.82, 2.24) is 0 Å². The molecule has 1 heterocycles. The molecule has 10 nitrogen and oxygen atoms in total. The minimum absolute atomic E-state index is 0.318. The SMILES string of the molecule is CC(=O)OC[C@H]1O[C@@H](N=C=S)[C@H](OC(C)=O)[C@@H](OC(C)=O)[C@H]1OC(C)=O. The predicted octanol–water partition coefficient (Wildman–Crippen LogP) is 0.172. The molecule has 0 radical (unpaired) electrons. The number of nitrogens with zero attached hydrogens (tertiary/aromatic N) is 1. The van der Waals surface area contributed by atoms with Gasteiger partial charge in [-0.1, -0.05) is 0 Å². The second kappa shape index (κ2) is 9.95. The number of esters is 4. The Morgan fingerprint density at radius 3 is 1.85 bits per heavy atom. The molecule has 0 amide bonds. The van der Waals surface area contributed by atoms with E-state index in [4.69, 9.17) is 23.7 Å². The van der Waals surface area contributed by atoms with E-state index in [1.54, 1.807) is 0 Å². The Bertz CT molecular complexity index is 616. The Morgan fingerprint density at radius 1 is 0.885 bits per heavy atom. The Kier molecular flexibility index (Phi) is 8.30. The normalized spacial score (nSPS) is 27.5. The van der Waals surface area contributed by atoms with Crippen molar-refractivity contribution in [3.8, 4) is 0 Å². The van der Waals surface area contributed by atoms with E-state index in [0.29, 0.717) is 0 Å². The van der Waals surface area contributed by atoms with Gasteiger partial charge in [0.25, 0.3) is 0 Å². The van der Waals surface area contributed by atoms with E-state index in [1.165, 1.54) is 6.92 Å². The van der Waals surface area contributed by atoms with Crippen molar-refractivity contribution < 1.29 is 42.9 Å². The Hall–Kier alpha value is -2.36. The molecule has 5 atom stereocenters. The van der Waals surface area contributed by atoms with E-state index in [2.05, 4.69) is 22.4 Å². The highest BCUT2D eigenvalue weighted by Crippen LogP contribution is 2.29. The third-order valence-corrected chi connectivity index (χ3v) is 3.25. The minimum atomic E-state index is -1.26. The first-order valence-corrected chi connectivity index (χ1v) is 7.94. The Labute approximate surface area is 154 Å². The highest BCUT2D eigenvalue weighted by Gasteiger charge is 2.52. The lowest BCUT2D eigenvalue weighted by molar-refractivity contribution is -0.250. The maximum Gasteiger partial charge on any atom is 0.303 e. The summed E-state index contributed by atoms with van der Waals surface area (Å²) in [6.07, 6.45) is -5.96. The third kappa shape index (κ3) is 6.51. The summed E-state index contributed by atoms with van der Waals surface area (Å²) in [5, 5.41) is 2.09. The second-order valence-corrected chi connectivity index (χ2v) is 5.49. The zero-order valence-corrected chi connectivity index (χ0v) is 15.4. The third-order valence-electron chi connectivity index (χ3n) is 3.15. The number of isothiocyanates is 1. The van der Waals surface area contributed by atoms with Crippen LogP contribution in [0.15, 0.2) is 4.99 Å². The Morgan fingerprint density at radius 2 is 1.38 bits per heavy atom. The molecule has 0 aromatic rings. The van der Waals surface area contributed by atoms with Gasteiger partial charge in [-0.2, -0.15) is 4.99 Å². The van der Waals surface area contributed by atoms with Gasteiger partial charge in [0.05, 0.1) is 5.16 Å². The minimum Gasteiger partial charge on any atom is -0.463 e. The molecule has 0 aromatic heterocycles. The number of thiocarbonyl (C=S) groups is 1. The standard InChI is InChI=1S/C15H19NO9S/c1-7(17)21-5-11-12(22-8(2)18)13(23-9(3)19)14(24-10(4)20)15(25-11)16-6-26/h11-15H,5H2,1-4H3/t11-,12+,13+,14-,15-/m1/s1. The Balaban J connectivity index is 3.28. The van der Waals surface area contributed by atoms with Gasteiger partial charge in [-0.15, -0.1) is 0 Å². The van der Waals surface area contributed by atoms with Crippen LogP contribution in [0, 0.1) is 0 Å². The number of carbonyl (C=O) groups excluding carboxylic acids is 4. The number of aliphatic imine (C=N–C) groups is 1. The molecule has 1 rings (SSSR count). The van der Waals surface area contributed by atoms with E-state index >= 15 is 0 Å². The lowest BCUT2D eigenvalue weighted by Crippen LogP contribution is -2.61. The average Bonchev–Trinajstić information content (AvgIpc) is 2.50. The van der Waals surface area contributed by atoms with Gasteiger partial charge in [0.15, 0.2) is 24.5 Å². The molecule has 1 saturated heterocycles. The fourth-order valence-electron chi connectivity index (χ4n) is 2.36. The van der Waals surface area contributed by atoms with Gasteiger partial charge in [-0.3, -0.25) is 19.2 Å². The van der Waals surface area contributed by atoms with E-state index in [1.807, 2.05) is 0 Å². The maximum absolute atomic E-state index is 11.5. The van der Waals surface area contributed by atoms with Crippen LogP contribution in [0.3, 0.4) is 0 Å². The van der Waals surface area contributed by atoms with Crippen molar-refractivity contribution in [1.29, 1.82) is 0 Å². The second-order valence-electron chi connectivity index (χ2n) is 5.31. The van der Waals surface area contributed by atoms with Crippen molar-refractivity contribution in [3.63, 3.8) is 0 Å². The van der Waals surface area contributed by atoms with Crippen LogP contribution in [0.1, 0.15) is 27.7 Å². The van der Waals surface area contributed by atoms with E-state index < -0.39 is 54.5 Å². The summed E-state index contributed by atoms with van der Waals surface area (Å²) in [5.41, 5.74) is 0. The summed E-state index contributed by atoms with van der Waals surface area (Å²) < 4.78 is 26.0. The molecule has 1 aliphatic heterocycles. The van der Waals surface area contributed by atoms with Crippen molar-refractivity contribution in [2.75, 3.05) is 6.61 Å². The topological polar surface area (TPSA) is 127 Å². The molecule has 144 valence electrons. The van der Waals surface area contributed by atoms with Gasteiger partial charge < -0.3 is 23.7 Å². The van der Waals surface area contributed by atoms with Gasteiger partial charge in [-0.25, -0.2) is 0 Å². The maximum atomic E-state index is 11.5. The molecular formula is C15H19NO9S. The highest BCUT2D eigenvalue weighted by molar-refractivity contribution is 7.78. The quantitative estimate of drug-likeness (QED) is 0.268. The van der Waals surface area contributed by atoms with Gasteiger partial charge >= 0.3 is 23.9 Å². The monoisotopic (exact) mass is 389 g/mol. The van der Waals surface area contributed by atoms with Crippen molar-refractivity contribution in [2.45, 2.75) is 58.3 Å². The molecule has 1 aliphatic rings. The smallest absolute Gasteiger partial charge is 0.303 e. The molecule has 1 fully saturated rings. The van der Waals surface area contributed by atoms with Crippen LogP contribution in [-0.2, 0) is 42.9 Å². The van der Waals surface area contributed by atoms with Crippen LogP contribution in [0.4, 0.5) is 0 Å². The van der Waals surface area contributed by atoms with Gasteiger partial charge in [0.2, 0.25) is 0 Å². The molecule has 0 aromatic carbocycles. The largest absolute Gasteiger partial charge is 0.463 e. The van der Waals surface area contributed by atoms with Gasteiger partial charge in [0, 0.05) is 27.7 Å². The van der Waals surface area contributed by atoms with E-state index in [-0.39, 0.29) is 6.61 Å².